The van der Waals surface area contributed by atoms with E-state index in [2.05, 4.69) is 21.8 Å². The van der Waals surface area contributed by atoms with Crippen LogP contribution in [-0.4, -0.2) is 52.5 Å². The van der Waals surface area contributed by atoms with Gasteiger partial charge in [0.2, 0.25) is 5.91 Å². The number of benzene rings is 1. The number of aromatic nitrogens is 2. The highest BCUT2D eigenvalue weighted by molar-refractivity contribution is 7.99. The van der Waals surface area contributed by atoms with Gasteiger partial charge in [-0.2, -0.15) is 0 Å². The number of rotatable bonds is 4. The van der Waals surface area contributed by atoms with E-state index < -0.39 is 5.54 Å². The van der Waals surface area contributed by atoms with E-state index in [4.69, 9.17) is 17.3 Å². The molecule has 6 nitrogen and oxygen atoms in total. The third kappa shape index (κ3) is 3.57. The summed E-state index contributed by atoms with van der Waals surface area (Å²) in [5.74, 6) is 1.82. The Morgan fingerprint density at radius 3 is 2.57 bits per heavy atom. The number of hydrogen-bond donors (Lipinski definition) is 1. The summed E-state index contributed by atoms with van der Waals surface area (Å²) in [6.45, 7) is 5.13. The van der Waals surface area contributed by atoms with Gasteiger partial charge in [0.15, 0.2) is 0 Å². The molecule has 0 spiro atoms. The average Bonchev–Trinajstić information content (AvgIpc) is 3.39. The molecule has 1 unspecified atom stereocenters. The minimum absolute atomic E-state index is 0.133. The third-order valence-corrected chi connectivity index (χ3v) is 7.99. The van der Waals surface area contributed by atoms with E-state index in [1.54, 1.807) is 6.33 Å². The van der Waals surface area contributed by atoms with Crippen molar-refractivity contribution in [2.75, 3.05) is 31.1 Å². The molecule has 30 heavy (non-hydrogen) atoms. The second kappa shape index (κ2) is 7.70. The van der Waals surface area contributed by atoms with Crippen LogP contribution in [0.2, 0.25) is 5.02 Å². The number of anilines is 1. The van der Waals surface area contributed by atoms with Crippen LogP contribution in [0.25, 0.3) is 0 Å². The van der Waals surface area contributed by atoms with Gasteiger partial charge in [0.25, 0.3) is 0 Å². The van der Waals surface area contributed by atoms with Gasteiger partial charge < -0.3 is 15.5 Å². The Labute approximate surface area is 186 Å². The zero-order valence-corrected chi connectivity index (χ0v) is 18.6. The number of carbonyl (C=O) groups excluding carboxylic acids is 1. The second-order valence-electron chi connectivity index (χ2n) is 8.54. The maximum Gasteiger partial charge on any atom is 0.232 e. The molecule has 1 saturated heterocycles. The smallest absolute Gasteiger partial charge is 0.232 e. The lowest BCUT2D eigenvalue weighted by Crippen LogP contribution is -2.53. The summed E-state index contributed by atoms with van der Waals surface area (Å²) in [7, 11) is 0. The SMILES string of the molecule is C[C@H]1SCc2ncnc(N3CCN(C(=O)C(c4ccc(Cl)cc4)C4(N)CC4)CC3)c21. The molecule has 1 aliphatic carbocycles. The fourth-order valence-electron chi connectivity index (χ4n) is 4.62. The van der Waals surface area contributed by atoms with E-state index in [9.17, 15) is 4.79 Å². The highest BCUT2D eigenvalue weighted by Crippen LogP contribution is 2.47. The molecule has 8 heteroatoms. The minimum Gasteiger partial charge on any atom is -0.353 e. The van der Waals surface area contributed by atoms with Gasteiger partial charge in [-0.3, -0.25) is 4.79 Å². The molecule has 2 N–H and O–H groups in total. The van der Waals surface area contributed by atoms with Gasteiger partial charge in [-0.25, -0.2) is 9.97 Å². The van der Waals surface area contributed by atoms with Crippen molar-refractivity contribution in [3.63, 3.8) is 0 Å². The molecule has 1 saturated carbocycles. The van der Waals surface area contributed by atoms with Crippen molar-refractivity contribution in [2.24, 2.45) is 5.73 Å². The molecule has 1 amide bonds. The Kier molecular flexibility index (Phi) is 5.16. The number of amides is 1. The van der Waals surface area contributed by atoms with E-state index in [0.29, 0.717) is 23.4 Å². The number of nitrogens with zero attached hydrogens (tertiary/aromatic N) is 4. The molecular weight excluding hydrogens is 418 g/mol. The molecule has 2 aromatic rings. The van der Waals surface area contributed by atoms with Crippen molar-refractivity contribution in [1.82, 2.24) is 14.9 Å². The first-order valence-electron chi connectivity index (χ1n) is 10.5. The van der Waals surface area contributed by atoms with Gasteiger partial charge >= 0.3 is 0 Å². The number of carbonyl (C=O) groups is 1. The number of hydrogen-bond acceptors (Lipinski definition) is 6. The first-order chi connectivity index (χ1) is 14.5. The molecule has 5 rings (SSSR count). The normalized spacial score (nSPS) is 23.2. The Bertz CT molecular complexity index is 957. The van der Waals surface area contributed by atoms with E-state index in [1.165, 1.54) is 5.56 Å². The van der Waals surface area contributed by atoms with Crippen LogP contribution in [0.15, 0.2) is 30.6 Å². The fourth-order valence-corrected chi connectivity index (χ4v) is 5.79. The Morgan fingerprint density at radius 1 is 1.20 bits per heavy atom. The number of piperazine rings is 1. The standard InChI is InChI=1S/C22H26ClN5OS/c1-14-18-17(12-30-14)25-13-26-20(18)27-8-10-28(11-9-27)21(29)19(22(24)6-7-22)15-2-4-16(23)5-3-15/h2-5,13-14,19H,6-12,24H2,1H3/t14-,19?/m1/s1. The first kappa shape index (κ1) is 20.1. The van der Waals surface area contributed by atoms with Crippen molar-refractivity contribution in [1.29, 1.82) is 0 Å². The van der Waals surface area contributed by atoms with E-state index in [0.717, 1.165) is 48.8 Å². The summed E-state index contributed by atoms with van der Waals surface area (Å²) in [5, 5.41) is 1.09. The molecule has 2 fully saturated rings. The molecule has 3 aliphatic rings. The minimum atomic E-state index is -0.428. The summed E-state index contributed by atoms with van der Waals surface area (Å²) in [5.41, 5.74) is 9.50. The number of thioether (sulfide) groups is 1. The molecule has 0 radical (unpaired) electrons. The second-order valence-corrected chi connectivity index (χ2v) is 10.3. The van der Waals surface area contributed by atoms with Gasteiger partial charge in [-0.05, 0) is 37.5 Å². The maximum absolute atomic E-state index is 13.5. The predicted octanol–water partition coefficient (Wildman–Crippen LogP) is 3.36. The zero-order valence-electron chi connectivity index (χ0n) is 17.1. The average molecular weight is 444 g/mol. The van der Waals surface area contributed by atoms with Crippen LogP contribution in [0.4, 0.5) is 5.82 Å². The topological polar surface area (TPSA) is 75.4 Å². The van der Waals surface area contributed by atoms with Crippen LogP contribution in [0.1, 0.15) is 47.8 Å². The molecule has 0 bridgehead atoms. The molecular formula is C22H26ClN5OS. The number of fused-ring (bicyclic) bond motifs is 1. The van der Waals surface area contributed by atoms with Crippen LogP contribution in [0.5, 0.6) is 0 Å². The lowest BCUT2D eigenvalue weighted by Gasteiger charge is -2.38. The molecule has 2 atom stereocenters. The monoisotopic (exact) mass is 443 g/mol. The Morgan fingerprint density at radius 2 is 1.90 bits per heavy atom. The van der Waals surface area contributed by atoms with Crippen molar-refractivity contribution in [2.45, 2.75) is 42.2 Å². The first-order valence-corrected chi connectivity index (χ1v) is 11.9. The highest BCUT2D eigenvalue weighted by atomic mass is 35.5. The summed E-state index contributed by atoms with van der Waals surface area (Å²) < 4.78 is 0. The van der Waals surface area contributed by atoms with Gasteiger partial charge in [0, 0.05) is 53.3 Å². The zero-order chi connectivity index (χ0) is 20.9. The van der Waals surface area contributed by atoms with Crippen LogP contribution >= 0.6 is 23.4 Å². The van der Waals surface area contributed by atoms with Crippen LogP contribution in [0.3, 0.4) is 0 Å². The van der Waals surface area contributed by atoms with Crippen LogP contribution in [-0.2, 0) is 10.5 Å². The summed E-state index contributed by atoms with van der Waals surface area (Å²) in [6, 6.07) is 7.57. The van der Waals surface area contributed by atoms with Gasteiger partial charge in [-0.15, -0.1) is 11.8 Å². The van der Waals surface area contributed by atoms with Crippen molar-refractivity contribution < 1.29 is 4.79 Å². The maximum atomic E-state index is 13.5. The number of nitrogens with two attached hydrogens (primary N) is 1. The fraction of sp³-hybridized carbons (Fsp3) is 0.500. The van der Waals surface area contributed by atoms with Crippen molar-refractivity contribution in [3.8, 4) is 0 Å². The van der Waals surface area contributed by atoms with Gasteiger partial charge in [0.05, 0.1) is 11.6 Å². The molecule has 1 aromatic heterocycles. The van der Waals surface area contributed by atoms with E-state index in [-0.39, 0.29) is 11.8 Å². The van der Waals surface area contributed by atoms with Crippen LogP contribution < -0.4 is 10.6 Å². The third-order valence-electron chi connectivity index (χ3n) is 6.57. The highest BCUT2D eigenvalue weighted by Gasteiger charge is 2.51. The molecule has 158 valence electrons. The van der Waals surface area contributed by atoms with Gasteiger partial charge in [0.1, 0.15) is 12.1 Å². The summed E-state index contributed by atoms with van der Waals surface area (Å²) >= 11 is 7.96. The summed E-state index contributed by atoms with van der Waals surface area (Å²) in [4.78, 5) is 26.9. The molecule has 3 heterocycles. The van der Waals surface area contributed by atoms with Gasteiger partial charge in [-0.1, -0.05) is 23.7 Å². The Hall–Kier alpha value is -1.83. The lowest BCUT2D eigenvalue weighted by molar-refractivity contribution is -0.133. The van der Waals surface area contributed by atoms with Crippen LogP contribution in [0, 0.1) is 0 Å². The quantitative estimate of drug-likeness (QED) is 0.780. The lowest BCUT2D eigenvalue weighted by atomic mass is 9.88. The molecule has 1 aromatic carbocycles. The van der Waals surface area contributed by atoms with Crippen molar-refractivity contribution in [3.05, 3.63) is 52.4 Å². The van der Waals surface area contributed by atoms with E-state index in [1.807, 2.05) is 40.9 Å². The molecule has 2 aliphatic heterocycles. The largest absolute Gasteiger partial charge is 0.353 e. The number of halogens is 1. The predicted molar refractivity (Wildman–Crippen MR) is 121 cm³/mol. The van der Waals surface area contributed by atoms with Crippen molar-refractivity contribution >= 4 is 35.1 Å². The summed E-state index contributed by atoms with van der Waals surface area (Å²) in [6.07, 6.45) is 3.44. The Balaban J connectivity index is 1.32. The van der Waals surface area contributed by atoms with E-state index >= 15 is 0 Å².